The van der Waals surface area contributed by atoms with Crippen LogP contribution in [0.1, 0.15) is 46.1 Å². The number of aryl methyl sites for hydroxylation is 1. The number of thiocyanates is 1. The molecule has 2 unspecified atom stereocenters. The molecular weight excluding hydrogens is 592 g/mol. The van der Waals surface area contributed by atoms with Crippen molar-refractivity contribution in [2.75, 3.05) is 9.80 Å². The van der Waals surface area contributed by atoms with Crippen LogP contribution in [0.5, 0.6) is 0 Å². The van der Waals surface area contributed by atoms with Crippen molar-refractivity contribution >= 4 is 62.5 Å². The number of rotatable bonds is 4. The summed E-state index contributed by atoms with van der Waals surface area (Å²) in [5.74, 6) is -1.07. The lowest BCUT2D eigenvalue weighted by atomic mass is 9.78. The molecule has 7 nitrogen and oxygen atoms in total. The van der Waals surface area contributed by atoms with Crippen LogP contribution in [-0.4, -0.2) is 39.3 Å². The highest BCUT2D eigenvalue weighted by atomic mass is 32.2. The van der Waals surface area contributed by atoms with Crippen LogP contribution in [0.4, 0.5) is 11.4 Å². The SMILES string of the molecule is C=C(C)C(=C)C.CC1=C(C)CC2C(=O)N(c3ccc(C)cc3)C(=O)C2C1.N#CSc1ccc(N2C(=O)C=CC2=O)cc1.[B]C.[B]C. The lowest BCUT2D eigenvalue weighted by Crippen LogP contribution is -2.30. The number of anilines is 2. The normalized spacial score (nSPS) is 17.6. The van der Waals surface area contributed by atoms with Crippen molar-refractivity contribution in [2.24, 2.45) is 11.8 Å². The van der Waals surface area contributed by atoms with E-state index in [1.807, 2.05) is 50.4 Å². The molecule has 1 saturated heterocycles. The summed E-state index contributed by atoms with van der Waals surface area (Å²) in [4.78, 5) is 51.1. The predicted octanol–water partition coefficient (Wildman–Crippen LogP) is 7.46. The van der Waals surface area contributed by atoms with Gasteiger partial charge in [0.1, 0.15) is 5.40 Å². The molecule has 2 aliphatic heterocycles. The maximum absolute atomic E-state index is 12.6. The second kappa shape index (κ2) is 19.2. The minimum atomic E-state index is -0.342. The molecule has 0 bridgehead atoms. The Morgan fingerprint density at radius 3 is 1.46 bits per heavy atom. The molecule has 1 aliphatic carbocycles. The highest BCUT2D eigenvalue weighted by molar-refractivity contribution is 8.03. The molecule has 4 radical (unpaired) electrons. The molecule has 0 saturated carbocycles. The molecule has 2 aromatic rings. The zero-order valence-electron chi connectivity index (χ0n) is 27.8. The third-order valence-corrected chi connectivity index (χ3v) is 8.03. The van der Waals surface area contributed by atoms with E-state index in [9.17, 15) is 19.2 Å². The number of amides is 4. The van der Waals surface area contributed by atoms with E-state index in [2.05, 4.69) is 42.7 Å². The molecule has 2 aromatic carbocycles. The standard InChI is InChI=1S/C17H19NO2.C11H6N2O2S.C6H10.2CH3B/c1-10-4-6-13(7-5-10)18-16(19)14-8-11(2)12(3)9-15(14)17(18)20;12-7-16-9-3-1-8(2-4-9)13-10(14)5-6-11(13)15;1-5(2)6(3)4;2*1-2/h4-7,14-15H,8-9H2,1-3H3;1-6H;1,3H2,2,4H3;2*1H3. The molecule has 0 spiro atoms. The quantitative estimate of drug-likeness (QED) is 0.0866. The van der Waals surface area contributed by atoms with Crippen LogP contribution in [0.3, 0.4) is 0 Å². The number of thioether (sulfide) groups is 1. The number of nitriles is 1. The Kier molecular flexibility index (Phi) is 16.6. The van der Waals surface area contributed by atoms with Crippen molar-refractivity contribution in [1.29, 1.82) is 5.26 Å². The van der Waals surface area contributed by atoms with E-state index in [4.69, 9.17) is 5.26 Å². The fourth-order valence-corrected chi connectivity index (χ4v) is 4.95. The number of nitrogens with zero attached hydrogens (tertiary/aromatic N) is 3. The second-order valence-corrected chi connectivity index (χ2v) is 11.5. The van der Waals surface area contributed by atoms with Crippen LogP contribution >= 0.6 is 11.8 Å². The van der Waals surface area contributed by atoms with Gasteiger partial charge in [-0.15, -0.1) is 0 Å². The van der Waals surface area contributed by atoms with E-state index in [-0.39, 0.29) is 35.5 Å². The average Bonchev–Trinajstić information content (AvgIpc) is 3.50. The topological polar surface area (TPSA) is 98.5 Å². The van der Waals surface area contributed by atoms with Crippen molar-refractivity contribution < 1.29 is 19.2 Å². The molecule has 4 amide bonds. The molecule has 5 rings (SSSR count). The summed E-state index contributed by atoms with van der Waals surface area (Å²) in [6, 6.07) is 14.3. The minimum absolute atomic E-state index is 0.0318. The fraction of sp³-hybridized carbons (Fsp3) is 0.306. The van der Waals surface area contributed by atoms with Gasteiger partial charge >= 0.3 is 0 Å². The van der Waals surface area contributed by atoms with E-state index in [1.165, 1.54) is 41.8 Å². The summed E-state index contributed by atoms with van der Waals surface area (Å²) in [5, 5.41) is 10.4. The number of hydrogen-bond acceptors (Lipinski definition) is 6. The third-order valence-electron chi connectivity index (χ3n) is 7.43. The number of imide groups is 2. The molecule has 2 atom stereocenters. The number of benzene rings is 2. The molecule has 236 valence electrons. The molecule has 10 heteroatoms. The minimum Gasteiger partial charge on any atom is -0.274 e. The van der Waals surface area contributed by atoms with E-state index >= 15 is 0 Å². The smallest absolute Gasteiger partial charge is 0.258 e. The largest absolute Gasteiger partial charge is 0.274 e. The zero-order chi connectivity index (χ0) is 35.1. The zero-order valence-corrected chi connectivity index (χ0v) is 28.6. The number of carbonyl (C=O) groups is 4. The third kappa shape index (κ3) is 10.3. The number of fused-ring (bicyclic) bond motifs is 1. The van der Waals surface area contributed by atoms with E-state index < -0.39 is 0 Å². The van der Waals surface area contributed by atoms with E-state index in [1.54, 1.807) is 24.3 Å². The second-order valence-electron chi connectivity index (χ2n) is 10.6. The molecular formula is C36H41B2N3O4S. The summed E-state index contributed by atoms with van der Waals surface area (Å²) >= 11 is 1.03. The Balaban J connectivity index is 0.000000364. The fourth-order valence-electron chi connectivity index (χ4n) is 4.57. The summed E-state index contributed by atoms with van der Waals surface area (Å²) in [6.07, 6.45) is 3.92. The lowest BCUT2D eigenvalue weighted by Gasteiger charge is -2.23. The van der Waals surface area contributed by atoms with Crippen LogP contribution in [0, 0.1) is 29.4 Å². The van der Waals surface area contributed by atoms with Crippen molar-refractivity contribution in [3.05, 3.63) is 102 Å². The highest BCUT2D eigenvalue weighted by Gasteiger charge is 2.49. The Morgan fingerprint density at radius 1 is 0.717 bits per heavy atom. The number of carbonyl (C=O) groups excluding carboxylic acids is 4. The summed E-state index contributed by atoms with van der Waals surface area (Å²) in [5.41, 5.74) is 7.00. The monoisotopic (exact) mass is 633 g/mol. The molecule has 0 aromatic heterocycles. The molecule has 1 fully saturated rings. The first-order chi connectivity index (χ1) is 21.8. The highest BCUT2D eigenvalue weighted by Crippen LogP contribution is 2.42. The first kappa shape index (κ1) is 39.7. The predicted molar refractivity (Wildman–Crippen MR) is 191 cm³/mol. The Labute approximate surface area is 280 Å². The van der Waals surface area contributed by atoms with Gasteiger partial charge in [-0.3, -0.25) is 24.1 Å². The number of hydrogen-bond donors (Lipinski definition) is 0. The van der Waals surface area contributed by atoms with Gasteiger partial charge in [0.25, 0.3) is 11.8 Å². The van der Waals surface area contributed by atoms with Gasteiger partial charge in [-0.05, 0) is 95.6 Å². The van der Waals surface area contributed by atoms with Crippen molar-refractivity contribution in [3.8, 4) is 5.40 Å². The first-order valence-corrected chi connectivity index (χ1v) is 15.5. The molecule has 2 heterocycles. The summed E-state index contributed by atoms with van der Waals surface area (Å²) in [7, 11) is 9.00. The van der Waals surface area contributed by atoms with Crippen LogP contribution in [-0.2, 0) is 19.2 Å². The van der Waals surface area contributed by atoms with Gasteiger partial charge in [-0.2, -0.15) is 5.26 Å². The Morgan fingerprint density at radius 2 is 1.09 bits per heavy atom. The van der Waals surface area contributed by atoms with Gasteiger partial charge in [0.2, 0.25) is 11.8 Å². The van der Waals surface area contributed by atoms with Gasteiger partial charge in [-0.1, -0.05) is 66.8 Å². The van der Waals surface area contributed by atoms with Gasteiger partial charge in [0, 0.05) is 17.0 Å². The van der Waals surface area contributed by atoms with E-state index in [0.29, 0.717) is 11.4 Å². The van der Waals surface area contributed by atoms with E-state index in [0.717, 1.165) is 51.1 Å². The lowest BCUT2D eigenvalue weighted by molar-refractivity contribution is -0.123. The average molecular weight is 633 g/mol. The summed E-state index contributed by atoms with van der Waals surface area (Å²) in [6.45, 7) is 20.3. The van der Waals surface area contributed by atoms with Gasteiger partial charge < -0.3 is 0 Å². The van der Waals surface area contributed by atoms with Crippen molar-refractivity contribution in [1.82, 2.24) is 0 Å². The van der Waals surface area contributed by atoms with Crippen LogP contribution in [0.15, 0.2) is 101 Å². The molecule has 3 aliphatic rings. The van der Waals surface area contributed by atoms with Crippen LogP contribution in [0.2, 0.25) is 13.6 Å². The van der Waals surface area contributed by atoms with Crippen molar-refractivity contribution in [2.45, 2.75) is 66.0 Å². The van der Waals surface area contributed by atoms with Gasteiger partial charge in [-0.25, -0.2) is 4.90 Å². The van der Waals surface area contributed by atoms with Crippen LogP contribution in [0.25, 0.3) is 0 Å². The van der Waals surface area contributed by atoms with Crippen molar-refractivity contribution in [3.63, 3.8) is 0 Å². The summed E-state index contributed by atoms with van der Waals surface area (Å²) < 4.78 is 0. The number of allylic oxidation sites excluding steroid dienone is 4. The Hall–Kier alpha value is -4.35. The maximum Gasteiger partial charge on any atom is 0.258 e. The molecule has 0 N–H and O–H groups in total. The van der Waals surface area contributed by atoms with Gasteiger partial charge in [0.05, 0.1) is 38.9 Å². The maximum atomic E-state index is 12.6. The first-order valence-electron chi connectivity index (χ1n) is 14.6. The molecule has 46 heavy (non-hydrogen) atoms. The Bertz CT molecular complexity index is 1480. The van der Waals surface area contributed by atoms with Gasteiger partial charge in [0.15, 0.2) is 0 Å². The van der Waals surface area contributed by atoms with Crippen LogP contribution < -0.4 is 9.80 Å².